The highest BCUT2D eigenvalue weighted by Crippen LogP contribution is 2.36. The van der Waals surface area contributed by atoms with Gasteiger partial charge in [0.1, 0.15) is 11.6 Å². The van der Waals surface area contributed by atoms with E-state index < -0.39 is 0 Å². The Morgan fingerprint density at radius 3 is 2.29 bits per heavy atom. The molecule has 0 bridgehead atoms. The van der Waals surface area contributed by atoms with Crippen molar-refractivity contribution in [3.05, 3.63) is 41.9 Å². The summed E-state index contributed by atoms with van der Waals surface area (Å²) in [5, 5.41) is 0. The van der Waals surface area contributed by atoms with Gasteiger partial charge in [0.05, 0.1) is 0 Å². The standard InChI is InChI=1S/C24H33FN2O/c1-18-16-21(28)17-22-23(25)10-7-11-24(22)27(18)20-12-14-26(15-13-20)19-8-5-3-2-4-6-9-19/h7,10-11,19-20H,1-6,8-9,12-17H2. The van der Waals surface area contributed by atoms with Crippen molar-refractivity contribution < 1.29 is 9.18 Å². The minimum Gasteiger partial charge on any atom is -0.342 e. The van der Waals surface area contributed by atoms with Gasteiger partial charge in [-0.15, -0.1) is 0 Å². The molecule has 0 amide bonds. The molecule has 3 nitrogen and oxygen atoms in total. The highest BCUT2D eigenvalue weighted by atomic mass is 19.1. The van der Waals surface area contributed by atoms with Crippen molar-refractivity contribution in [3.8, 4) is 0 Å². The van der Waals surface area contributed by atoms with Crippen LogP contribution in [0, 0.1) is 5.82 Å². The highest BCUT2D eigenvalue weighted by Gasteiger charge is 2.33. The number of ketones is 1. The van der Waals surface area contributed by atoms with Crippen LogP contribution in [-0.2, 0) is 11.2 Å². The predicted molar refractivity (Wildman–Crippen MR) is 112 cm³/mol. The van der Waals surface area contributed by atoms with E-state index in [0.717, 1.165) is 43.4 Å². The molecule has 0 atom stereocenters. The maximum Gasteiger partial charge on any atom is 0.143 e. The lowest BCUT2D eigenvalue weighted by atomic mass is 9.92. The number of Topliss-reactive ketones (excluding diaryl/α,β-unsaturated/α-hetero) is 1. The van der Waals surface area contributed by atoms with Crippen molar-refractivity contribution in [2.75, 3.05) is 18.0 Å². The fourth-order valence-corrected chi connectivity index (χ4v) is 5.45. The largest absolute Gasteiger partial charge is 0.342 e. The van der Waals surface area contributed by atoms with Crippen LogP contribution < -0.4 is 4.90 Å². The zero-order valence-corrected chi connectivity index (χ0v) is 17.0. The number of nitrogens with zero attached hydrogens (tertiary/aromatic N) is 2. The first-order chi connectivity index (χ1) is 13.6. The molecule has 0 radical (unpaired) electrons. The second-order valence-corrected chi connectivity index (χ2v) is 8.83. The zero-order valence-electron chi connectivity index (χ0n) is 17.0. The summed E-state index contributed by atoms with van der Waals surface area (Å²) in [5.41, 5.74) is 2.24. The number of allylic oxidation sites excluding steroid dienone is 1. The van der Waals surface area contributed by atoms with E-state index in [2.05, 4.69) is 16.4 Å². The van der Waals surface area contributed by atoms with Crippen LogP contribution in [0.3, 0.4) is 0 Å². The van der Waals surface area contributed by atoms with Gasteiger partial charge in [-0.3, -0.25) is 4.79 Å². The Labute approximate surface area is 168 Å². The molecule has 4 rings (SSSR count). The van der Waals surface area contributed by atoms with Crippen LogP contribution in [0.2, 0.25) is 0 Å². The van der Waals surface area contributed by atoms with E-state index in [4.69, 9.17) is 0 Å². The summed E-state index contributed by atoms with van der Waals surface area (Å²) in [6, 6.07) is 6.23. The first-order valence-electron chi connectivity index (χ1n) is 11.1. The minimum atomic E-state index is -0.266. The number of piperidine rings is 1. The molecule has 0 spiro atoms. The molecule has 1 saturated heterocycles. The average Bonchev–Trinajstić information content (AvgIpc) is 2.78. The lowest BCUT2D eigenvalue weighted by Gasteiger charge is -2.43. The summed E-state index contributed by atoms with van der Waals surface area (Å²) in [4.78, 5) is 17.2. The first-order valence-corrected chi connectivity index (χ1v) is 11.1. The van der Waals surface area contributed by atoms with Crippen LogP contribution in [-0.4, -0.2) is 35.9 Å². The molecule has 3 aliphatic rings. The second kappa shape index (κ2) is 8.77. The molecule has 1 saturated carbocycles. The summed E-state index contributed by atoms with van der Waals surface area (Å²) >= 11 is 0. The summed E-state index contributed by atoms with van der Waals surface area (Å²) < 4.78 is 14.5. The van der Waals surface area contributed by atoms with Crippen LogP contribution in [0.25, 0.3) is 0 Å². The van der Waals surface area contributed by atoms with Crippen LogP contribution >= 0.6 is 0 Å². The highest BCUT2D eigenvalue weighted by molar-refractivity contribution is 5.88. The third-order valence-corrected chi connectivity index (χ3v) is 6.92. The molecule has 152 valence electrons. The molecule has 0 unspecified atom stereocenters. The Morgan fingerprint density at radius 1 is 0.893 bits per heavy atom. The first kappa shape index (κ1) is 19.6. The van der Waals surface area contributed by atoms with E-state index in [1.54, 1.807) is 6.07 Å². The normalized spacial score (nSPS) is 23.8. The van der Waals surface area contributed by atoms with E-state index in [-0.39, 0.29) is 18.0 Å². The van der Waals surface area contributed by atoms with Crippen molar-refractivity contribution in [1.82, 2.24) is 4.90 Å². The van der Waals surface area contributed by atoms with Crippen LogP contribution in [0.1, 0.15) is 69.8 Å². The Balaban J connectivity index is 1.48. The third kappa shape index (κ3) is 4.17. The fourth-order valence-electron chi connectivity index (χ4n) is 5.45. The molecule has 0 N–H and O–H groups in total. The van der Waals surface area contributed by atoms with Gasteiger partial charge in [0, 0.05) is 55.0 Å². The Bertz CT molecular complexity index is 715. The molecular weight excluding hydrogens is 351 g/mol. The number of carbonyl (C=O) groups is 1. The van der Waals surface area contributed by atoms with E-state index in [1.165, 1.54) is 51.0 Å². The number of hydrogen-bond donors (Lipinski definition) is 0. The fraction of sp³-hybridized carbons (Fsp3) is 0.625. The van der Waals surface area contributed by atoms with Crippen LogP contribution in [0.4, 0.5) is 10.1 Å². The monoisotopic (exact) mass is 384 g/mol. The molecule has 28 heavy (non-hydrogen) atoms. The molecule has 1 aliphatic carbocycles. The zero-order chi connectivity index (χ0) is 19.5. The Kier molecular flexibility index (Phi) is 6.15. The van der Waals surface area contributed by atoms with E-state index in [0.29, 0.717) is 18.0 Å². The number of anilines is 1. The van der Waals surface area contributed by atoms with Gasteiger partial charge in [-0.2, -0.15) is 0 Å². The van der Waals surface area contributed by atoms with Crippen LogP contribution in [0.15, 0.2) is 30.5 Å². The summed E-state index contributed by atoms with van der Waals surface area (Å²) in [7, 11) is 0. The minimum absolute atomic E-state index is 0.0609. The number of halogens is 1. The quantitative estimate of drug-likeness (QED) is 0.697. The lowest BCUT2D eigenvalue weighted by molar-refractivity contribution is -0.117. The van der Waals surface area contributed by atoms with Crippen molar-refractivity contribution >= 4 is 11.5 Å². The topological polar surface area (TPSA) is 23.6 Å². The van der Waals surface area contributed by atoms with E-state index >= 15 is 0 Å². The van der Waals surface area contributed by atoms with Crippen molar-refractivity contribution in [2.45, 2.75) is 82.7 Å². The van der Waals surface area contributed by atoms with Gasteiger partial charge < -0.3 is 9.80 Å². The van der Waals surface area contributed by atoms with Crippen molar-refractivity contribution in [1.29, 1.82) is 0 Å². The molecular formula is C24H33FN2O. The summed E-state index contributed by atoms with van der Waals surface area (Å²) in [5.74, 6) is -0.205. The summed E-state index contributed by atoms with van der Waals surface area (Å²) in [6.07, 6.45) is 12.2. The van der Waals surface area contributed by atoms with Crippen molar-refractivity contribution in [2.24, 2.45) is 0 Å². The number of carbonyl (C=O) groups excluding carboxylic acids is 1. The maximum atomic E-state index is 14.5. The van der Waals surface area contributed by atoms with Gasteiger partial charge in [-0.1, -0.05) is 44.7 Å². The number of rotatable bonds is 2. The van der Waals surface area contributed by atoms with Gasteiger partial charge in [0.2, 0.25) is 0 Å². The Morgan fingerprint density at radius 2 is 1.57 bits per heavy atom. The SMILES string of the molecule is C=C1CC(=O)Cc2c(F)cccc2N1C1CCN(C2CCCCCCC2)CC1. The Hall–Kier alpha value is -1.68. The number of hydrogen-bond acceptors (Lipinski definition) is 3. The average molecular weight is 385 g/mol. The lowest BCUT2D eigenvalue weighted by Crippen LogP contribution is -2.48. The van der Waals surface area contributed by atoms with Gasteiger partial charge in [0.15, 0.2) is 0 Å². The number of benzene rings is 1. The smallest absolute Gasteiger partial charge is 0.143 e. The van der Waals surface area contributed by atoms with Gasteiger partial charge in [-0.05, 0) is 37.8 Å². The van der Waals surface area contributed by atoms with E-state index in [9.17, 15) is 9.18 Å². The molecule has 2 fully saturated rings. The number of likely N-dealkylation sites (tertiary alicyclic amines) is 1. The molecule has 2 heterocycles. The molecule has 1 aromatic carbocycles. The van der Waals surface area contributed by atoms with E-state index in [1.807, 2.05) is 6.07 Å². The number of fused-ring (bicyclic) bond motifs is 1. The van der Waals surface area contributed by atoms with Gasteiger partial charge in [0.25, 0.3) is 0 Å². The van der Waals surface area contributed by atoms with Gasteiger partial charge >= 0.3 is 0 Å². The molecule has 0 aromatic heterocycles. The molecule has 2 aliphatic heterocycles. The van der Waals surface area contributed by atoms with Gasteiger partial charge in [-0.25, -0.2) is 4.39 Å². The van der Waals surface area contributed by atoms with Crippen LogP contribution in [0.5, 0.6) is 0 Å². The second-order valence-electron chi connectivity index (χ2n) is 8.83. The molecule has 1 aromatic rings. The predicted octanol–water partition coefficient (Wildman–Crippen LogP) is 5.24. The molecule has 4 heteroatoms. The van der Waals surface area contributed by atoms with Crippen molar-refractivity contribution in [3.63, 3.8) is 0 Å². The maximum absolute atomic E-state index is 14.5. The third-order valence-electron chi connectivity index (χ3n) is 6.92. The summed E-state index contributed by atoms with van der Waals surface area (Å²) in [6.45, 7) is 6.40.